The van der Waals surface area contributed by atoms with Crippen LogP contribution in [-0.4, -0.2) is 54.2 Å². The van der Waals surface area contributed by atoms with Crippen LogP contribution in [0.4, 0.5) is 4.79 Å². The highest BCUT2D eigenvalue weighted by Crippen LogP contribution is 2.32. The third kappa shape index (κ3) is 4.74. The fourth-order valence-corrected chi connectivity index (χ4v) is 2.52. The standard InChI is InChI=1S/C15H25N3O3/c1-18-8-5-3-2-4-6-11-10-13(11)16-14(20)12(7-9-19)17-15(18)21/h4,6,11-13,19H,2-3,5,7-10H2,1H3,(H,16,20)(H,17,21)/b6-4-/t11-,12?,13?/m1/s1. The number of carbonyl (C=O) groups is 2. The lowest BCUT2D eigenvalue weighted by molar-refractivity contribution is -0.123. The van der Waals surface area contributed by atoms with E-state index < -0.39 is 6.04 Å². The van der Waals surface area contributed by atoms with E-state index in [1.165, 1.54) is 0 Å². The Bertz CT molecular complexity index is 411. The van der Waals surface area contributed by atoms with Crippen LogP contribution >= 0.6 is 0 Å². The van der Waals surface area contributed by atoms with E-state index in [-0.39, 0.29) is 31.0 Å². The quantitative estimate of drug-likeness (QED) is 0.653. The lowest BCUT2D eigenvalue weighted by Gasteiger charge is -2.23. The first-order valence-electron chi connectivity index (χ1n) is 7.71. The van der Waals surface area contributed by atoms with Crippen molar-refractivity contribution in [3.63, 3.8) is 0 Å². The van der Waals surface area contributed by atoms with Gasteiger partial charge in [-0.05, 0) is 38.0 Å². The van der Waals surface area contributed by atoms with Gasteiger partial charge in [-0.1, -0.05) is 12.2 Å². The molecule has 21 heavy (non-hydrogen) atoms. The Hall–Kier alpha value is -1.56. The van der Waals surface area contributed by atoms with Crippen molar-refractivity contribution in [2.45, 2.75) is 44.2 Å². The van der Waals surface area contributed by atoms with Gasteiger partial charge in [0.1, 0.15) is 6.04 Å². The van der Waals surface area contributed by atoms with E-state index in [1.54, 1.807) is 11.9 Å². The van der Waals surface area contributed by atoms with E-state index >= 15 is 0 Å². The molecule has 1 heterocycles. The summed E-state index contributed by atoms with van der Waals surface area (Å²) in [6.07, 6.45) is 8.56. The van der Waals surface area contributed by atoms with Crippen molar-refractivity contribution in [1.82, 2.24) is 15.5 Å². The monoisotopic (exact) mass is 295 g/mol. The number of allylic oxidation sites excluding steroid dienone is 1. The smallest absolute Gasteiger partial charge is 0.317 e. The molecule has 2 unspecified atom stereocenters. The van der Waals surface area contributed by atoms with E-state index in [0.29, 0.717) is 12.5 Å². The minimum atomic E-state index is -0.668. The summed E-state index contributed by atoms with van der Waals surface area (Å²) in [7, 11) is 1.72. The number of hydrogen-bond acceptors (Lipinski definition) is 3. The molecule has 3 atom stereocenters. The van der Waals surface area contributed by atoms with Crippen LogP contribution in [0.5, 0.6) is 0 Å². The molecule has 0 radical (unpaired) electrons. The summed E-state index contributed by atoms with van der Waals surface area (Å²) >= 11 is 0. The number of amides is 3. The first-order valence-corrected chi connectivity index (χ1v) is 7.71. The minimum absolute atomic E-state index is 0.129. The van der Waals surface area contributed by atoms with Gasteiger partial charge >= 0.3 is 6.03 Å². The minimum Gasteiger partial charge on any atom is -0.396 e. The molecule has 0 aromatic carbocycles. The first kappa shape index (κ1) is 15.8. The highest BCUT2D eigenvalue weighted by atomic mass is 16.3. The van der Waals surface area contributed by atoms with Crippen molar-refractivity contribution in [3.05, 3.63) is 12.2 Å². The average molecular weight is 295 g/mol. The summed E-state index contributed by atoms with van der Waals surface area (Å²) in [6, 6.07) is -0.755. The number of hydrogen-bond donors (Lipinski definition) is 3. The Labute approximate surface area is 125 Å². The largest absolute Gasteiger partial charge is 0.396 e. The Morgan fingerprint density at radius 1 is 1.33 bits per heavy atom. The Kier molecular flexibility index (Phi) is 5.61. The molecule has 1 saturated carbocycles. The van der Waals surface area contributed by atoms with Gasteiger partial charge in [-0.3, -0.25) is 4.79 Å². The van der Waals surface area contributed by atoms with Crippen molar-refractivity contribution in [3.8, 4) is 0 Å². The molecule has 1 fully saturated rings. The van der Waals surface area contributed by atoms with Gasteiger partial charge in [0, 0.05) is 26.2 Å². The molecule has 6 nitrogen and oxygen atoms in total. The fraction of sp³-hybridized carbons (Fsp3) is 0.733. The SMILES string of the molecule is CN1CCCC/C=C\[C@@H]2CC2NC(=O)C(CCO)NC1=O. The molecular weight excluding hydrogens is 270 g/mol. The number of rotatable bonds is 2. The van der Waals surface area contributed by atoms with Crippen molar-refractivity contribution < 1.29 is 14.7 Å². The van der Waals surface area contributed by atoms with Crippen LogP contribution in [0.25, 0.3) is 0 Å². The number of nitrogens with one attached hydrogen (secondary N) is 2. The molecular formula is C15H25N3O3. The molecule has 3 amide bonds. The highest BCUT2D eigenvalue weighted by molar-refractivity contribution is 5.87. The van der Waals surface area contributed by atoms with Crippen LogP contribution in [0.3, 0.4) is 0 Å². The maximum atomic E-state index is 12.2. The molecule has 2 rings (SSSR count). The number of nitrogens with zero attached hydrogens (tertiary/aromatic N) is 1. The van der Waals surface area contributed by atoms with Gasteiger partial charge in [-0.2, -0.15) is 0 Å². The van der Waals surface area contributed by atoms with E-state index in [1.807, 2.05) is 0 Å². The zero-order valence-electron chi connectivity index (χ0n) is 12.5. The lowest BCUT2D eigenvalue weighted by Crippen LogP contribution is -2.51. The summed E-state index contributed by atoms with van der Waals surface area (Å²) < 4.78 is 0. The highest BCUT2D eigenvalue weighted by Gasteiger charge is 2.37. The molecule has 0 aromatic rings. The van der Waals surface area contributed by atoms with Crippen LogP contribution < -0.4 is 10.6 Å². The molecule has 0 aromatic heterocycles. The first-order chi connectivity index (χ1) is 10.1. The molecule has 1 aliphatic carbocycles. The summed E-state index contributed by atoms with van der Waals surface area (Å²) in [4.78, 5) is 25.8. The number of carbonyl (C=O) groups excluding carboxylic acids is 2. The van der Waals surface area contributed by atoms with E-state index in [4.69, 9.17) is 5.11 Å². The Balaban J connectivity index is 2.01. The van der Waals surface area contributed by atoms with Crippen molar-refractivity contribution in [2.24, 2.45) is 5.92 Å². The zero-order valence-corrected chi connectivity index (χ0v) is 12.5. The molecule has 6 heteroatoms. The molecule has 0 spiro atoms. The van der Waals surface area contributed by atoms with Gasteiger partial charge in [-0.15, -0.1) is 0 Å². The Morgan fingerprint density at radius 3 is 2.90 bits per heavy atom. The maximum Gasteiger partial charge on any atom is 0.317 e. The zero-order chi connectivity index (χ0) is 15.2. The summed E-state index contributed by atoms with van der Waals surface area (Å²) in [5.74, 6) is 0.216. The third-order valence-corrected chi connectivity index (χ3v) is 4.04. The Morgan fingerprint density at radius 2 is 2.14 bits per heavy atom. The second-order valence-electron chi connectivity index (χ2n) is 5.87. The van der Waals surface area contributed by atoms with Crippen LogP contribution in [-0.2, 0) is 4.79 Å². The van der Waals surface area contributed by atoms with Crippen molar-refractivity contribution in [1.29, 1.82) is 0 Å². The number of aliphatic hydroxyl groups is 1. The number of urea groups is 1. The van der Waals surface area contributed by atoms with Gasteiger partial charge in [0.25, 0.3) is 0 Å². The van der Waals surface area contributed by atoms with Crippen molar-refractivity contribution in [2.75, 3.05) is 20.2 Å². The lowest BCUT2D eigenvalue weighted by atomic mass is 10.2. The van der Waals surface area contributed by atoms with Gasteiger partial charge in [0.05, 0.1) is 0 Å². The normalized spacial score (nSPS) is 32.5. The predicted molar refractivity (Wildman–Crippen MR) is 79.7 cm³/mol. The predicted octanol–water partition coefficient (Wildman–Crippen LogP) is 0.624. The summed E-state index contributed by atoms with van der Waals surface area (Å²) in [5, 5.41) is 14.7. The second-order valence-corrected chi connectivity index (χ2v) is 5.87. The van der Waals surface area contributed by atoms with Gasteiger partial charge in [-0.25, -0.2) is 4.79 Å². The summed E-state index contributed by atoms with van der Waals surface area (Å²) in [5.41, 5.74) is 0. The van der Waals surface area contributed by atoms with E-state index in [0.717, 1.165) is 25.7 Å². The molecule has 0 saturated heterocycles. The van der Waals surface area contributed by atoms with Gasteiger partial charge in [0.2, 0.25) is 5.91 Å². The topological polar surface area (TPSA) is 81.7 Å². The van der Waals surface area contributed by atoms with Gasteiger partial charge in [0.15, 0.2) is 0 Å². The summed E-state index contributed by atoms with van der Waals surface area (Å²) in [6.45, 7) is 0.537. The van der Waals surface area contributed by atoms with Crippen molar-refractivity contribution >= 4 is 11.9 Å². The van der Waals surface area contributed by atoms with Crippen LogP contribution in [0.15, 0.2) is 12.2 Å². The average Bonchev–Trinajstić information content (AvgIpc) is 3.18. The number of aliphatic hydroxyl groups excluding tert-OH is 1. The van der Waals surface area contributed by atoms with Gasteiger partial charge < -0.3 is 20.6 Å². The van der Waals surface area contributed by atoms with E-state index in [2.05, 4.69) is 22.8 Å². The maximum absolute atomic E-state index is 12.2. The van der Waals surface area contributed by atoms with Crippen LogP contribution in [0, 0.1) is 5.92 Å². The van der Waals surface area contributed by atoms with E-state index in [9.17, 15) is 9.59 Å². The molecule has 0 bridgehead atoms. The molecule has 3 N–H and O–H groups in total. The number of fused-ring (bicyclic) bond motifs is 1. The molecule has 2 aliphatic rings. The van der Waals surface area contributed by atoms with Crippen LogP contribution in [0.2, 0.25) is 0 Å². The third-order valence-electron chi connectivity index (χ3n) is 4.04. The molecule has 118 valence electrons. The van der Waals surface area contributed by atoms with Crippen LogP contribution in [0.1, 0.15) is 32.1 Å². The second kappa shape index (κ2) is 7.45. The fourth-order valence-electron chi connectivity index (χ4n) is 2.52. The molecule has 1 aliphatic heterocycles.